The quantitative estimate of drug-likeness (QED) is 0.481. The number of hydrogen-bond donors (Lipinski definition) is 0. The lowest BCUT2D eigenvalue weighted by Gasteiger charge is -2.34. The molecule has 0 spiro atoms. The first kappa shape index (κ1) is 19.5. The Bertz CT molecular complexity index is 1370. The summed E-state index contributed by atoms with van der Waals surface area (Å²) in [6.45, 7) is 4.34. The third-order valence-electron chi connectivity index (χ3n) is 6.30. The Balaban J connectivity index is 1.64. The molecule has 4 heterocycles. The molecule has 0 N–H and O–H groups in total. The Morgan fingerprint density at radius 1 is 1.03 bits per heavy atom. The van der Waals surface area contributed by atoms with Crippen molar-refractivity contribution in [3.63, 3.8) is 0 Å². The van der Waals surface area contributed by atoms with Crippen molar-refractivity contribution in [3.8, 4) is 11.5 Å². The Kier molecular flexibility index (Phi) is 4.19. The first-order valence-corrected chi connectivity index (χ1v) is 10.6. The fraction of sp³-hybridized carbons (Fsp3) is 0.429. The molecule has 2 aliphatic rings. The Labute approximate surface area is 180 Å². The van der Waals surface area contributed by atoms with Crippen LogP contribution < -0.4 is 4.90 Å². The summed E-state index contributed by atoms with van der Waals surface area (Å²) in [5.41, 5.74) is 0.478. The van der Waals surface area contributed by atoms with E-state index in [1.54, 1.807) is 0 Å². The zero-order valence-corrected chi connectivity index (χ0v) is 17.6. The highest BCUT2D eigenvalue weighted by Gasteiger charge is 2.32. The molecule has 6 rings (SSSR count). The number of likely N-dealkylation sites (N-methyl/N-ethyl adjacent to an activating group) is 1. The van der Waals surface area contributed by atoms with Crippen molar-refractivity contribution in [2.24, 2.45) is 0 Å². The minimum absolute atomic E-state index is 0.0774. The lowest BCUT2D eigenvalue weighted by molar-refractivity contribution is 0.312. The largest absolute Gasteiger partial charge is 0.353 e. The molecule has 11 heteroatoms. The van der Waals surface area contributed by atoms with E-state index in [1.165, 1.54) is 6.92 Å². The summed E-state index contributed by atoms with van der Waals surface area (Å²) in [4.78, 5) is 17.3. The summed E-state index contributed by atoms with van der Waals surface area (Å²) in [5.74, 6) is -0.720. The number of nitrogens with zero attached hydrogens (tertiary/aromatic N) is 7. The van der Waals surface area contributed by atoms with Gasteiger partial charge in [0.25, 0.3) is 6.08 Å². The lowest BCUT2D eigenvalue weighted by Crippen LogP contribution is -2.45. The van der Waals surface area contributed by atoms with Gasteiger partial charge in [-0.15, -0.1) is 0 Å². The van der Waals surface area contributed by atoms with Gasteiger partial charge < -0.3 is 14.3 Å². The smallest absolute Gasteiger partial charge is 0.296 e. The predicted octanol–water partition coefficient (Wildman–Crippen LogP) is 3.29. The number of imidazole rings is 1. The maximum absolute atomic E-state index is 15.1. The molecule has 166 valence electrons. The number of benzene rings is 1. The average molecular weight is 443 g/mol. The second-order valence-corrected chi connectivity index (χ2v) is 8.54. The standard InChI is InChI=1S/C21H20F3N7O/c1-10-14-13(9-12(22)15(10)23)31-19(27-18(14)30-7-5-29(2)6-8-30)16(25-21(31)24)17-26-20(32-28-17)11-3-4-11/h9,11H,3-8H2,1-2H3. The summed E-state index contributed by atoms with van der Waals surface area (Å²) in [6.07, 6.45) is 1.04. The third kappa shape index (κ3) is 2.87. The molecule has 0 bridgehead atoms. The van der Waals surface area contributed by atoms with E-state index in [9.17, 15) is 8.78 Å². The summed E-state index contributed by atoms with van der Waals surface area (Å²) >= 11 is 0. The van der Waals surface area contributed by atoms with E-state index in [4.69, 9.17) is 9.51 Å². The molecular weight excluding hydrogens is 423 g/mol. The number of hydrogen-bond acceptors (Lipinski definition) is 7. The van der Waals surface area contributed by atoms with Crippen molar-refractivity contribution < 1.29 is 17.7 Å². The van der Waals surface area contributed by atoms with Crippen LogP contribution in [0.1, 0.15) is 30.2 Å². The van der Waals surface area contributed by atoms with Crippen molar-refractivity contribution in [3.05, 3.63) is 35.2 Å². The highest BCUT2D eigenvalue weighted by molar-refractivity contribution is 5.96. The van der Waals surface area contributed by atoms with Gasteiger partial charge in [-0.25, -0.2) is 13.8 Å². The van der Waals surface area contributed by atoms with Gasteiger partial charge in [0.1, 0.15) is 5.82 Å². The Hall–Kier alpha value is -3.21. The minimum Gasteiger partial charge on any atom is -0.353 e. The van der Waals surface area contributed by atoms with E-state index in [2.05, 4.69) is 20.0 Å². The van der Waals surface area contributed by atoms with Crippen LogP contribution in [-0.2, 0) is 0 Å². The van der Waals surface area contributed by atoms with E-state index in [0.29, 0.717) is 30.2 Å². The molecule has 4 aromatic rings. The predicted molar refractivity (Wildman–Crippen MR) is 110 cm³/mol. The maximum Gasteiger partial charge on any atom is 0.296 e. The number of piperazine rings is 1. The normalized spacial score (nSPS) is 17.7. The van der Waals surface area contributed by atoms with Crippen molar-refractivity contribution in [1.29, 1.82) is 0 Å². The number of aryl methyl sites for hydroxylation is 1. The van der Waals surface area contributed by atoms with E-state index >= 15 is 4.39 Å². The second-order valence-electron chi connectivity index (χ2n) is 8.54. The third-order valence-corrected chi connectivity index (χ3v) is 6.30. The van der Waals surface area contributed by atoms with Crippen LogP contribution in [0.4, 0.5) is 19.0 Å². The van der Waals surface area contributed by atoms with Crippen molar-refractivity contribution >= 4 is 22.4 Å². The molecule has 2 fully saturated rings. The zero-order chi connectivity index (χ0) is 22.1. The van der Waals surface area contributed by atoms with Crippen LogP contribution in [0.25, 0.3) is 28.1 Å². The zero-order valence-electron chi connectivity index (χ0n) is 17.6. The molecule has 0 atom stereocenters. The Morgan fingerprint density at radius 3 is 2.50 bits per heavy atom. The van der Waals surface area contributed by atoms with Crippen LogP contribution in [0.3, 0.4) is 0 Å². The number of rotatable bonds is 3. The molecule has 32 heavy (non-hydrogen) atoms. The van der Waals surface area contributed by atoms with Crippen LogP contribution in [0.5, 0.6) is 0 Å². The first-order valence-electron chi connectivity index (χ1n) is 10.6. The molecule has 0 unspecified atom stereocenters. The highest BCUT2D eigenvalue weighted by Crippen LogP contribution is 2.40. The van der Waals surface area contributed by atoms with Gasteiger partial charge in [0, 0.05) is 49.1 Å². The molecule has 1 aromatic carbocycles. The van der Waals surface area contributed by atoms with E-state index in [1.807, 2.05) is 11.9 Å². The van der Waals surface area contributed by atoms with Crippen LogP contribution >= 0.6 is 0 Å². The van der Waals surface area contributed by atoms with Crippen LogP contribution in [0.15, 0.2) is 10.6 Å². The summed E-state index contributed by atoms with van der Waals surface area (Å²) in [7, 11) is 2.02. The van der Waals surface area contributed by atoms with Gasteiger partial charge >= 0.3 is 0 Å². The number of anilines is 1. The Morgan fingerprint density at radius 2 is 1.78 bits per heavy atom. The second kappa shape index (κ2) is 6.89. The minimum atomic E-state index is -1.06. The van der Waals surface area contributed by atoms with Gasteiger partial charge in [-0.3, -0.25) is 4.40 Å². The molecular formula is C21H20F3N7O. The highest BCUT2D eigenvalue weighted by atomic mass is 19.2. The van der Waals surface area contributed by atoms with Gasteiger partial charge in [-0.1, -0.05) is 5.16 Å². The van der Waals surface area contributed by atoms with E-state index in [0.717, 1.165) is 36.4 Å². The maximum atomic E-state index is 15.1. The van der Waals surface area contributed by atoms with Crippen LogP contribution in [-0.4, -0.2) is 62.6 Å². The number of fused-ring (bicyclic) bond motifs is 3. The van der Waals surface area contributed by atoms with Gasteiger partial charge in [-0.05, 0) is 26.8 Å². The molecule has 1 saturated heterocycles. The molecule has 0 amide bonds. The topological polar surface area (TPSA) is 75.6 Å². The van der Waals surface area contributed by atoms with Crippen molar-refractivity contribution in [1.82, 2.24) is 29.4 Å². The van der Waals surface area contributed by atoms with Crippen molar-refractivity contribution in [2.75, 3.05) is 38.1 Å². The van der Waals surface area contributed by atoms with E-state index < -0.39 is 17.7 Å². The molecule has 8 nitrogen and oxygen atoms in total. The van der Waals surface area contributed by atoms with Gasteiger partial charge in [0.15, 0.2) is 23.0 Å². The van der Waals surface area contributed by atoms with Crippen LogP contribution in [0, 0.1) is 24.6 Å². The fourth-order valence-corrected chi connectivity index (χ4v) is 4.28. The molecule has 1 aliphatic heterocycles. The van der Waals surface area contributed by atoms with Gasteiger partial charge in [0.2, 0.25) is 11.7 Å². The molecule has 1 aliphatic carbocycles. The van der Waals surface area contributed by atoms with Crippen molar-refractivity contribution in [2.45, 2.75) is 25.7 Å². The summed E-state index contributed by atoms with van der Waals surface area (Å²) < 4.78 is 50.4. The SMILES string of the molecule is Cc1c(F)c(F)cc2c1c(N1CCN(C)CC1)nc1c(-c3noc(C4CC4)n3)nc(F)n12. The monoisotopic (exact) mass is 443 g/mol. The number of halogens is 3. The van der Waals surface area contributed by atoms with Gasteiger partial charge in [0.05, 0.1) is 5.52 Å². The molecule has 0 radical (unpaired) electrons. The number of aromatic nitrogens is 5. The average Bonchev–Trinajstić information content (AvgIpc) is 3.42. The first-order chi connectivity index (χ1) is 15.4. The van der Waals surface area contributed by atoms with E-state index in [-0.39, 0.29) is 34.2 Å². The van der Waals surface area contributed by atoms with Crippen LogP contribution in [0.2, 0.25) is 0 Å². The summed E-state index contributed by atoms with van der Waals surface area (Å²) in [6, 6.07) is 0.992. The molecule has 3 aromatic heterocycles. The lowest BCUT2D eigenvalue weighted by atomic mass is 10.1. The molecule has 1 saturated carbocycles. The van der Waals surface area contributed by atoms with Gasteiger partial charge in [-0.2, -0.15) is 14.4 Å². The summed E-state index contributed by atoms with van der Waals surface area (Å²) in [5, 5.41) is 4.33. The fourth-order valence-electron chi connectivity index (χ4n) is 4.28.